The lowest BCUT2D eigenvalue weighted by Crippen LogP contribution is -2.40. The molecule has 1 unspecified atom stereocenters. The highest BCUT2D eigenvalue weighted by Crippen LogP contribution is 2.15. The van der Waals surface area contributed by atoms with Crippen LogP contribution >= 0.6 is 0 Å². The Kier molecular flexibility index (Phi) is 5.35. The number of ether oxygens (including phenoxy) is 1. The molecular formula is C10H20N2O4S. The quantitative estimate of drug-likeness (QED) is 0.697. The van der Waals surface area contributed by atoms with E-state index in [2.05, 4.69) is 10.1 Å². The molecule has 1 heterocycles. The van der Waals surface area contributed by atoms with Crippen molar-refractivity contribution in [3.8, 4) is 0 Å². The summed E-state index contributed by atoms with van der Waals surface area (Å²) in [6.07, 6.45) is 2.55. The number of nitrogens with zero attached hydrogens (tertiary/aromatic N) is 1. The lowest BCUT2D eigenvalue weighted by Gasteiger charge is -2.25. The van der Waals surface area contributed by atoms with Gasteiger partial charge in [0.1, 0.15) is 0 Å². The molecule has 1 rings (SSSR count). The monoisotopic (exact) mass is 264 g/mol. The van der Waals surface area contributed by atoms with Crippen molar-refractivity contribution in [2.45, 2.75) is 25.3 Å². The van der Waals surface area contributed by atoms with Gasteiger partial charge in [-0.3, -0.25) is 4.79 Å². The molecular weight excluding hydrogens is 244 g/mol. The molecule has 6 nitrogen and oxygen atoms in total. The van der Waals surface area contributed by atoms with Crippen LogP contribution in [0.1, 0.15) is 19.3 Å². The van der Waals surface area contributed by atoms with E-state index in [-0.39, 0.29) is 6.04 Å². The molecule has 0 aromatic carbocycles. The summed E-state index contributed by atoms with van der Waals surface area (Å²) < 4.78 is 29.5. The Morgan fingerprint density at radius 3 is 2.76 bits per heavy atom. The fourth-order valence-corrected chi connectivity index (χ4v) is 3.19. The van der Waals surface area contributed by atoms with Crippen molar-refractivity contribution in [2.75, 3.05) is 33.0 Å². The minimum Gasteiger partial charge on any atom is -0.468 e. The smallest absolute Gasteiger partial charge is 0.322 e. The van der Waals surface area contributed by atoms with Crippen LogP contribution in [0.4, 0.5) is 0 Å². The molecule has 0 aromatic heterocycles. The standard InChI is InChI=1S/C10H20N2O4S/c1-12(9-4-3-6-11-7-5-9)17(14,15)8-10(13)16-2/h9,11H,3-8H2,1-2H3. The number of carbonyl (C=O) groups is 1. The zero-order chi connectivity index (χ0) is 12.9. The van der Waals surface area contributed by atoms with E-state index in [0.717, 1.165) is 32.4 Å². The number of carbonyl (C=O) groups excluding carboxylic acids is 1. The lowest BCUT2D eigenvalue weighted by atomic mass is 10.1. The first-order chi connectivity index (χ1) is 7.97. The summed E-state index contributed by atoms with van der Waals surface area (Å²) in [4.78, 5) is 11.0. The number of esters is 1. The van der Waals surface area contributed by atoms with Crippen LogP contribution in [0.15, 0.2) is 0 Å². The Morgan fingerprint density at radius 2 is 2.12 bits per heavy atom. The molecule has 17 heavy (non-hydrogen) atoms. The predicted molar refractivity (Wildman–Crippen MR) is 64.1 cm³/mol. The first kappa shape index (κ1) is 14.4. The van der Waals surface area contributed by atoms with E-state index < -0.39 is 21.7 Å². The summed E-state index contributed by atoms with van der Waals surface area (Å²) in [6, 6.07) is -0.0281. The van der Waals surface area contributed by atoms with Crippen molar-refractivity contribution in [2.24, 2.45) is 0 Å². The van der Waals surface area contributed by atoms with Crippen LogP contribution in [0.25, 0.3) is 0 Å². The maximum Gasteiger partial charge on any atom is 0.322 e. The zero-order valence-electron chi connectivity index (χ0n) is 10.3. The SMILES string of the molecule is COC(=O)CS(=O)(=O)N(C)C1CCCNCC1. The molecule has 0 aromatic rings. The zero-order valence-corrected chi connectivity index (χ0v) is 11.1. The van der Waals surface area contributed by atoms with Crippen molar-refractivity contribution in [3.63, 3.8) is 0 Å². The fraction of sp³-hybridized carbons (Fsp3) is 0.900. The molecule has 0 spiro atoms. The molecule has 1 saturated heterocycles. The third-order valence-corrected chi connectivity index (χ3v) is 4.80. The molecule has 1 atom stereocenters. The maximum atomic E-state index is 11.9. The molecule has 1 N–H and O–H groups in total. The average molecular weight is 264 g/mol. The Morgan fingerprint density at radius 1 is 1.41 bits per heavy atom. The minimum absolute atomic E-state index is 0.0281. The van der Waals surface area contributed by atoms with Gasteiger partial charge in [0.2, 0.25) is 10.0 Å². The normalized spacial score (nSPS) is 22.2. The molecule has 0 radical (unpaired) electrons. The minimum atomic E-state index is -3.56. The molecule has 0 amide bonds. The van der Waals surface area contributed by atoms with Gasteiger partial charge in [0, 0.05) is 13.1 Å². The summed E-state index contributed by atoms with van der Waals surface area (Å²) in [5.74, 6) is -1.30. The Labute approximate surface area is 102 Å². The van der Waals surface area contributed by atoms with Crippen molar-refractivity contribution in [1.29, 1.82) is 0 Å². The van der Waals surface area contributed by atoms with E-state index in [1.807, 2.05) is 0 Å². The van der Waals surface area contributed by atoms with Gasteiger partial charge < -0.3 is 10.1 Å². The van der Waals surface area contributed by atoms with Gasteiger partial charge >= 0.3 is 5.97 Å². The number of methoxy groups -OCH3 is 1. The first-order valence-corrected chi connectivity index (χ1v) is 7.31. The number of sulfonamides is 1. The second kappa shape index (κ2) is 6.32. The summed E-state index contributed by atoms with van der Waals surface area (Å²) in [5.41, 5.74) is 0. The van der Waals surface area contributed by atoms with E-state index in [0.29, 0.717) is 0 Å². The summed E-state index contributed by atoms with van der Waals surface area (Å²) in [7, 11) is -0.833. The van der Waals surface area contributed by atoms with Gasteiger partial charge in [0.15, 0.2) is 5.75 Å². The van der Waals surface area contributed by atoms with Crippen molar-refractivity contribution >= 4 is 16.0 Å². The van der Waals surface area contributed by atoms with Crippen molar-refractivity contribution < 1.29 is 17.9 Å². The van der Waals surface area contributed by atoms with Crippen LogP contribution in [0.2, 0.25) is 0 Å². The summed E-state index contributed by atoms with van der Waals surface area (Å²) in [5, 5.41) is 3.22. The molecule has 1 aliphatic rings. The van der Waals surface area contributed by atoms with Gasteiger partial charge in [-0.05, 0) is 32.4 Å². The van der Waals surface area contributed by atoms with Gasteiger partial charge in [0.05, 0.1) is 7.11 Å². The number of hydrogen-bond acceptors (Lipinski definition) is 5. The van der Waals surface area contributed by atoms with Crippen LogP contribution in [0.3, 0.4) is 0 Å². The lowest BCUT2D eigenvalue weighted by molar-refractivity contribution is -0.137. The van der Waals surface area contributed by atoms with Crippen molar-refractivity contribution in [1.82, 2.24) is 9.62 Å². The van der Waals surface area contributed by atoms with Gasteiger partial charge in [-0.1, -0.05) is 0 Å². The molecule has 1 aliphatic heterocycles. The molecule has 0 bridgehead atoms. The van der Waals surface area contributed by atoms with Crippen LogP contribution in [-0.2, 0) is 19.6 Å². The van der Waals surface area contributed by atoms with E-state index in [1.54, 1.807) is 0 Å². The highest BCUT2D eigenvalue weighted by molar-refractivity contribution is 7.89. The van der Waals surface area contributed by atoms with Crippen LogP contribution < -0.4 is 5.32 Å². The molecule has 7 heteroatoms. The Balaban J connectivity index is 2.66. The fourth-order valence-electron chi connectivity index (χ4n) is 1.90. The van der Waals surface area contributed by atoms with Crippen LogP contribution in [0.5, 0.6) is 0 Å². The highest BCUT2D eigenvalue weighted by atomic mass is 32.2. The van der Waals surface area contributed by atoms with Crippen LogP contribution in [0, 0.1) is 0 Å². The largest absolute Gasteiger partial charge is 0.468 e. The summed E-state index contributed by atoms with van der Waals surface area (Å²) >= 11 is 0. The number of nitrogens with one attached hydrogen (secondary N) is 1. The molecule has 1 fully saturated rings. The van der Waals surface area contributed by atoms with E-state index in [9.17, 15) is 13.2 Å². The third-order valence-electron chi connectivity index (χ3n) is 3.03. The van der Waals surface area contributed by atoms with Gasteiger partial charge in [0.25, 0.3) is 0 Å². The van der Waals surface area contributed by atoms with E-state index >= 15 is 0 Å². The Hall–Kier alpha value is -0.660. The van der Waals surface area contributed by atoms with Gasteiger partial charge in [-0.2, -0.15) is 0 Å². The highest BCUT2D eigenvalue weighted by Gasteiger charge is 2.29. The van der Waals surface area contributed by atoms with Gasteiger partial charge in [-0.25, -0.2) is 12.7 Å². The van der Waals surface area contributed by atoms with Gasteiger partial charge in [-0.15, -0.1) is 0 Å². The molecule has 0 aliphatic carbocycles. The van der Waals surface area contributed by atoms with E-state index in [4.69, 9.17) is 0 Å². The third kappa shape index (κ3) is 4.25. The Bertz CT molecular complexity index is 347. The molecule has 100 valence electrons. The number of rotatable bonds is 4. The second-order valence-corrected chi connectivity index (χ2v) is 6.21. The van der Waals surface area contributed by atoms with E-state index in [1.165, 1.54) is 18.5 Å². The predicted octanol–water partition coefficient (Wildman–Crippen LogP) is -0.437. The second-order valence-electron chi connectivity index (χ2n) is 4.18. The van der Waals surface area contributed by atoms with Crippen molar-refractivity contribution in [3.05, 3.63) is 0 Å². The number of hydrogen-bond donors (Lipinski definition) is 1. The average Bonchev–Trinajstić information content (AvgIpc) is 2.55. The first-order valence-electron chi connectivity index (χ1n) is 5.70. The maximum absolute atomic E-state index is 11.9. The summed E-state index contributed by atoms with van der Waals surface area (Å²) in [6.45, 7) is 1.73. The molecule has 0 saturated carbocycles. The topological polar surface area (TPSA) is 75.7 Å². The van der Waals surface area contributed by atoms with Crippen LogP contribution in [-0.4, -0.2) is 57.7 Å².